The maximum atomic E-state index is 12.0. The Bertz CT molecular complexity index is 583. The van der Waals surface area contributed by atoms with Gasteiger partial charge in [0, 0.05) is 10.2 Å². The number of hydrogen-bond donors (Lipinski definition) is 3. The Morgan fingerprint density at radius 1 is 1.39 bits per heavy atom. The van der Waals surface area contributed by atoms with Crippen LogP contribution in [-0.4, -0.2) is 16.1 Å². The van der Waals surface area contributed by atoms with E-state index in [1.54, 1.807) is 0 Å². The first-order chi connectivity index (χ1) is 8.49. The van der Waals surface area contributed by atoms with Crippen LogP contribution in [0.5, 0.6) is 0 Å². The number of nitrogens with zero attached hydrogens (tertiary/aromatic N) is 1. The molecule has 5 nitrogen and oxygen atoms in total. The summed E-state index contributed by atoms with van der Waals surface area (Å²) >= 11 is 3.41. The normalized spacial score (nSPS) is 10.4. The Labute approximate surface area is 113 Å². The molecule has 0 aliphatic rings. The van der Waals surface area contributed by atoms with Gasteiger partial charge in [0.15, 0.2) is 0 Å². The Morgan fingerprint density at radius 2 is 2.00 bits per heavy atom. The molecule has 1 amide bonds. The smallest absolute Gasteiger partial charge is 0.275 e. The standard InChI is InChI=1S/C12H13BrN4O/c1-6-3-8(13)4-7(2)10(6)16-12(18)11-9(14)5-15-17-11/h3-5H,14H2,1-2H3,(H,15,17)(H,16,18). The number of carbonyl (C=O) groups is 1. The minimum atomic E-state index is -0.293. The molecule has 18 heavy (non-hydrogen) atoms. The Balaban J connectivity index is 2.31. The Morgan fingerprint density at radius 3 is 2.50 bits per heavy atom. The lowest BCUT2D eigenvalue weighted by Crippen LogP contribution is -2.15. The van der Waals surface area contributed by atoms with Crippen LogP contribution in [0.3, 0.4) is 0 Å². The number of nitrogens with two attached hydrogens (primary N) is 1. The number of halogens is 1. The van der Waals surface area contributed by atoms with Crippen molar-refractivity contribution >= 4 is 33.2 Å². The van der Waals surface area contributed by atoms with Crippen LogP contribution in [0.2, 0.25) is 0 Å². The molecule has 0 spiro atoms. The van der Waals surface area contributed by atoms with Crippen LogP contribution in [0.1, 0.15) is 21.6 Å². The van der Waals surface area contributed by atoms with Gasteiger partial charge in [-0.2, -0.15) is 5.10 Å². The molecule has 2 aromatic rings. The zero-order chi connectivity index (χ0) is 13.3. The molecule has 6 heteroatoms. The van der Waals surface area contributed by atoms with Crippen molar-refractivity contribution in [3.05, 3.63) is 39.6 Å². The van der Waals surface area contributed by atoms with Crippen LogP contribution >= 0.6 is 15.9 Å². The number of hydrogen-bond acceptors (Lipinski definition) is 3. The number of aryl methyl sites for hydroxylation is 2. The van der Waals surface area contributed by atoms with Crippen molar-refractivity contribution in [1.29, 1.82) is 0 Å². The predicted molar refractivity (Wildman–Crippen MR) is 74.6 cm³/mol. The van der Waals surface area contributed by atoms with E-state index in [-0.39, 0.29) is 11.6 Å². The molecule has 0 atom stereocenters. The van der Waals surface area contributed by atoms with E-state index >= 15 is 0 Å². The third-order valence-corrected chi connectivity index (χ3v) is 3.09. The maximum absolute atomic E-state index is 12.0. The van der Waals surface area contributed by atoms with Gasteiger partial charge < -0.3 is 11.1 Å². The first kappa shape index (κ1) is 12.6. The first-order valence-corrected chi connectivity index (χ1v) is 6.15. The molecule has 1 aromatic heterocycles. The molecular formula is C12H13BrN4O. The Kier molecular flexibility index (Phi) is 3.38. The number of amides is 1. The average molecular weight is 309 g/mol. The lowest BCUT2D eigenvalue weighted by molar-refractivity contribution is 0.102. The summed E-state index contributed by atoms with van der Waals surface area (Å²) < 4.78 is 0.983. The van der Waals surface area contributed by atoms with Crippen molar-refractivity contribution in [2.45, 2.75) is 13.8 Å². The predicted octanol–water partition coefficient (Wildman–Crippen LogP) is 2.62. The lowest BCUT2D eigenvalue weighted by Gasteiger charge is -2.11. The number of nitrogens with one attached hydrogen (secondary N) is 2. The molecule has 1 heterocycles. The highest BCUT2D eigenvalue weighted by molar-refractivity contribution is 9.10. The molecular weight excluding hydrogens is 296 g/mol. The molecule has 0 saturated heterocycles. The summed E-state index contributed by atoms with van der Waals surface area (Å²) in [5.74, 6) is -0.293. The lowest BCUT2D eigenvalue weighted by atomic mass is 10.1. The molecule has 0 bridgehead atoms. The van der Waals surface area contributed by atoms with E-state index in [0.29, 0.717) is 5.69 Å². The number of benzene rings is 1. The molecule has 2 rings (SSSR count). The van der Waals surface area contributed by atoms with Crippen LogP contribution < -0.4 is 11.1 Å². The van der Waals surface area contributed by atoms with Crippen molar-refractivity contribution in [1.82, 2.24) is 10.2 Å². The fraction of sp³-hybridized carbons (Fsp3) is 0.167. The maximum Gasteiger partial charge on any atom is 0.275 e. The van der Waals surface area contributed by atoms with Gasteiger partial charge in [-0.05, 0) is 37.1 Å². The van der Waals surface area contributed by atoms with Crippen molar-refractivity contribution in [3.8, 4) is 0 Å². The first-order valence-electron chi connectivity index (χ1n) is 5.36. The van der Waals surface area contributed by atoms with E-state index in [0.717, 1.165) is 21.3 Å². The summed E-state index contributed by atoms with van der Waals surface area (Å²) in [4.78, 5) is 12.0. The summed E-state index contributed by atoms with van der Waals surface area (Å²) in [6, 6.07) is 3.89. The molecule has 0 aliphatic heterocycles. The van der Waals surface area contributed by atoms with Gasteiger partial charge in [0.2, 0.25) is 0 Å². The van der Waals surface area contributed by atoms with Crippen LogP contribution in [0, 0.1) is 13.8 Å². The van der Waals surface area contributed by atoms with E-state index < -0.39 is 0 Å². The van der Waals surface area contributed by atoms with Gasteiger partial charge in [-0.1, -0.05) is 15.9 Å². The van der Waals surface area contributed by atoms with E-state index in [9.17, 15) is 4.79 Å². The largest absolute Gasteiger partial charge is 0.396 e. The van der Waals surface area contributed by atoms with Crippen molar-refractivity contribution in [2.75, 3.05) is 11.1 Å². The number of aromatic amines is 1. The summed E-state index contributed by atoms with van der Waals surface area (Å²) in [6.07, 6.45) is 1.41. The molecule has 4 N–H and O–H groups in total. The van der Waals surface area contributed by atoms with E-state index in [1.165, 1.54) is 6.20 Å². The fourth-order valence-corrected chi connectivity index (χ4v) is 2.45. The highest BCUT2D eigenvalue weighted by atomic mass is 79.9. The second kappa shape index (κ2) is 4.81. The summed E-state index contributed by atoms with van der Waals surface area (Å²) in [6.45, 7) is 3.87. The summed E-state index contributed by atoms with van der Waals surface area (Å²) in [5, 5.41) is 9.14. The van der Waals surface area contributed by atoms with Gasteiger partial charge in [-0.3, -0.25) is 9.89 Å². The minimum absolute atomic E-state index is 0.275. The number of H-pyrrole nitrogens is 1. The van der Waals surface area contributed by atoms with Gasteiger partial charge in [0.25, 0.3) is 5.91 Å². The van der Waals surface area contributed by atoms with Gasteiger partial charge in [-0.15, -0.1) is 0 Å². The molecule has 94 valence electrons. The fourth-order valence-electron chi connectivity index (χ4n) is 1.76. The second-order valence-corrected chi connectivity index (χ2v) is 4.98. The SMILES string of the molecule is Cc1cc(Br)cc(C)c1NC(=O)c1[nH]ncc1N. The van der Waals surface area contributed by atoms with Crippen LogP contribution in [-0.2, 0) is 0 Å². The van der Waals surface area contributed by atoms with Gasteiger partial charge in [0.1, 0.15) is 5.69 Å². The van der Waals surface area contributed by atoms with E-state index in [2.05, 4.69) is 31.4 Å². The topological polar surface area (TPSA) is 83.8 Å². The monoisotopic (exact) mass is 308 g/mol. The highest BCUT2D eigenvalue weighted by Gasteiger charge is 2.14. The Hall–Kier alpha value is -1.82. The van der Waals surface area contributed by atoms with Crippen LogP contribution in [0.25, 0.3) is 0 Å². The third-order valence-electron chi connectivity index (χ3n) is 2.63. The van der Waals surface area contributed by atoms with E-state index in [1.807, 2.05) is 26.0 Å². The number of anilines is 2. The van der Waals surface area contributed by atoms with Gasteiger partial charge in [0.05, 0.1) is 11.9 Å². The molecule has 0 aliphatic carbocycles. The average Bonchev–Trinajstić information content (AvgIpc) is 2.69. The molecule has 1 aromatic carbocycles. The minimum Gasteiger partial charge on any atom is -0.396 e. The van der Waals surface area contributed by atoms with Crippen LogP contribution in [0.4, 0.5) is 11.4 Å². The number of aromatic nitrogens is 2. The number of carbonyl (C=O) groups excluding carboxylic acids is 1. The number of rotatable bonds is 2. The zero-order valence-electron chi connectivity index (χ0n) is 10.0. The molecule has 0 radical (unpaired) electrons. The van der Waals surface area contributed by atoms with E-state index in [4.69, 9.17) is 5.73 Å². The second-order valence-electron chi connectivity index (χ2n) is 4.07. The zero-order valence-corrected chi connectivity index (χ0v) is 11.6. The number of nitrogen functional groups attached to an aromatic ring is 1. The third kappa shape index (κ3) is 2.38. The van der Waals surface area contributed by atoms with Crippen molar-refractivity contribution in [2.24, 2.45) is 0 Å². The quantitative estimate of drug-likeness (QED) is 0.797. The molecule has 0 fully saturated rings. The van der Waals surface area contributed by atoms with Gasteiger partial charge in [-0.25, -0.2) is 0 Å². The van der Waals surface area contributed by atoms with Crippen molar-refractivity contribution < 1.29 is 4.79 Å². The highest BCUT2D eigenvalue weighted by Crippen LogP contribution is 2.25. The van der Waals surface area contributed by atoms with Gasteiger partial charge >= 0.3 is 0 Å². The summed E-state index contributed by atoms with van der Waals surface area (Å²) in [5.41, 5.74) is 8.99. The molecule has 0 saturated carbocycles. The molecule has 0 unspecified atom stereocenters. The van der Waals surface area contributed by atoms with Crippen LogP contribution in [0.15, 0.2) is 22.8 Å². The summed E-state index contributed by atoms with van der Waals surface area (Å²) in [7, 11) is 0. The van der Waals surface area contributed by atoms with Crippen molar-refractivity contribution in [3.63, 3.8) is 0 Å².